The molecule has 0 aliphatic carbocycles. The maximum Gasteiger partial charge on any atom is 0.204 e. The fourth-order valence-corrected chi connectivity index (χ4v) is 0.998. The minimum Gasteiger partial charge on any atom is -0.504 e. The molecule has 13 heavy (non-hydrogen) atoms. The smallest absolute Gasteiger partial charge is 0.204 e. The Kier molecular flexibility index (Phi) is 2.48. The molecule has 0 spiro atoms. The van der Waals surface area contributed by atoms with Crippen molar-refractivity contribution in [3.8, 4) is 23.0 Å². The number of hydrogen-bond acceptors (Lipinski definition) is 5. The third-order valence-corrected chi connectivity index (χ3v) is 1.69. The van der Waals surface area contributed by atoms with Crippen molar-refractivity contribution in [2.75, 3.05) is 6.61 Å². The van der Waals surface area contributed by atoms with Crippen LogP contribution in [0.25, 0.3) is 0 Å². The van der Waals surface area contributed by atoms with Gasteiger partial charge in [0.2, 0.25) is 11.5 Å². The fourth-order valence-electron chi connectivity index (χ4n) is 0.998. The Labute approximate surface area is 74.1 Å². The fraction of sp³-hybridized carbons (Fsp3) is 0.250. The van der Waals surface area contributed by atoms with Gasteiger partial charge in [0, 0.05) is 12.2 Å². The maximum atomic E-state index is 9.20. The first-order valence-electron chi connectivity index (χ1n) is 3.64. The van der Waals surface area contributed by atoms with Gasteiger partial charge < -0.3 is 25.5 Å². The first-order valence-corrected chi connectivity index (χ1v) is 3.64. The van der Waals surface area contributed by atoms with Gasteiger partial charge in [-0.2, -0.15) is 0 Å². The van der Waals surface area contributed by atoms with Crippen LogP contribution in [0.2, 0.25) is 0 Å². The molecule has 0 radical (unpaired) electrons. The third kappa shape index (κ3) is 1.59. The summed E-state index contributed by atoms with van der Waals surface area (Å²) in [7, 11) is 0. The zero-order valence-corrected chi connectivity index (χ0v) is 6.73. The molecule has 1 aromatic rings. The van der Waals surface area contributed by atoms with Gasteiger partial charge in [0.25, 0.3) is 0 Å². The van der Waals surface area contributed by atoms with Crippen LogP contribution >= 0.6 is 0 Å². The molecule has 5 N–H and O–H groups in total. The van der Waals surface area contributed by atoms with Crippen LogP contribution in [0.4, 0.5) is 0 Å². The Balaban J connectivity index is 3.24. The van der Waals surface area contributed by atoms with Crippen LogP contribution in [0.15, 0.2) is 6.07 Å². The van der Waals surface area contributed by atoms with Crippen molar-refractivity contribution < 1.29 is 25.5 Å². The van der Waals surface area contributed by atoms with Crippen molar-refractivity contribution in [3.63, 3.8) is 0 Å². The monoisotopic (exact) mass is 186 g/mol. The van der Waals surface area contributed by atoms with Crippen LogP contribution in [-0.2, 0) is 6.42 Å². The highest BCUT2D eigenvalue weighted by atomic mass is 16.3. The van der Waals surface area contributed by atoms with Crippen LogP contribution in [0.3, 0.4) is 0 Å². The van der Waals surface area contributed by atoms with Gasteiger partial charge in [0.05, 0.1) is 0 Å². The average molecular weight is 186 g/mol. The van der Waals surface area contributed by atoms with Crippen LogP contribution in [0.5, 0.6) is 23.0 Å². The summed E-state index contributed by atoms with van der Waals surface area (Å²) >= 11 is 0. The normalized spacial score (nSPS) is 10.2. The van der Waals surface area contributed by atoms with Gasteiger partial charge in [-0.25, -0.2) is 0 Å². The molecule has 72 valence electrons. The molecule has 0 aliphatic heterocycles. The molecule has 0 heterocycles. The van der Waals surface area contributed by atoms with E-state index in [1.54, 1.807) is 0 Å². The Morgan fingerprint density at radius 2 is 1.54 bits per heavy atom. The number of aliphatic hydroxyl groups is 1. The Morgan fingerprint density at radius 1 is 0.923 bits per heavy atom. The summed E-state index contributed by atoms with van der Waals surface area (Å²) in [6, 6.07) is 1.08. The predicted molar refractivity (Wildman–Crippen MR) is 43.9 cm³/mol. The van der Waals surface area contributed by atoms with E-state index >= 15 is 0 Å². The van der Waals surface area contributed by atoms with Crippen LogP contribution < -0.4 is 0 Å². The van der Waals surface area contributed by atoms with Crippen molar-refractivity contribution in [2.45, 2.75) is 6.42 Å². The van der Waals surface area contributed by atoms with E-state index in [1.807, 2.05) is 0 Å². The number of phenolic OH excluding ortho intramolecular Hbond substituents is 4. The first-order chi connectivity index (χ1) is 6.07. The Bertz CT molecular complexity index is 321. The van der Waals surface area contributed by atoms with Gasteiger partial charge in [-0.15, -0.1) is 0 Å². The van der Waals surface area contributed by atoms with E-state index in [0.29, 0.717) is 0 Å². The predicted octanol–water partition coefficient (Wildman–Crippen LogP) is 0.0438. The highest BCUT2D eigenvalue weighted by Gasteiger charge is 2.15. The molecule has 5 heteroatoms. The molecular formula is C8H10O5. The van der Waals surface area contributed by atoms with Gasteiger partial charge in [0.1, 0.15) is 0 Å². The topological polar surface area (TPSA) is 101 Å². The summed E-state index contributed by atoms with van der Waals surface area (Å²) in [4.78, 5) is 0. The van der Waals surface area contributed by atoms with E-state index < -0.39 is 23.0 Å². The molecule has 0 atom stereocenters. The van der Waals surface area contributed by atoms with E-state index in [4.69, 9.17) is 20.4 Å². The largest absolute Gasteiger partial charge is 0.504 e. The minimum atomic E-state index is -0.775. The van der Waals surface area contributed by atoms with E-state index in [2.05, 4.69) is 0 Å². The second-order valence-electron chi connectivity index (χ2n) is 2.57. The summed E-state index contributed by atoms with van der Waals surface area (Å²) in [5.41, 5.74) is 0.176. The number of phenols is 4. The average Bonchev–Trinajstić information content (AvgIpc) is 2.11. The lowest BCUT2D eigenvalue weighted by Crippen LogP contribution is -1.91. The Hall–Kier alpha value is -1.62. The molecule has 0 aliphatic rings. The van der Waals surface area contributed by atoms with Gasteiger partial charge in [-0.05, 0) is 12.5 Å². The van der Waals surface area contributed by atoms with Gasteiger partial charge in [-0.1, -0.05) is 0 Å². The van der Waals surface area contributed by atoms with E-state index in [0.717, 1.165) is 6.07 Å². The van der Waals surface area contributed by atoms with Gasteiger partial charge in [0.15, 0.2) is 11.5 Å². The summed E-state index contributed by atoms with van der Waals surface area (Å²) in [5.74, 6) is -2.59. The van der Waals surface area contributed by atoms with Gasteiger partial charge >= 0.3 is 0 Å². The van der Waals surface area contributed by atoms with Crippen LogP contribution in [-0.4, -0.2) is 32.1 Å². The SMILES string of the molecule is OCCc1cc(O)c(O)c(O)c1O. The standard InChI is InChI=1S/C8H10O5/c9-2-1-4-3-5(10)7(12)8(13)6(4)11/h3,9-13H,1-2H2. The van der Waals surface area contributed by atoms with Crippen molar-refractivity contribution in [3.05, 3.63) is 11.6 Å². The molecule has 0 saturated heterocycles. The molecule has 1 aromatic carbocycles. The molecule has 0 bridgehead atoms. The molecule has 0 saturated carbocycles. The number of aliphatic hydroxyl groups excluding tert-OH is 1. The zero-order chi connectivity index (χ0) is 10.0. The van der Waals surface area contributed by atoms with Crippen molar-refractivity contribution in [1.82, 2.24) is 0 Å². The highest BCUT2D eigenvalue weighted by Crippen LogP contribution is 2.43. The molecule has 0 aromatic heterocycles. The minimum absolute atomic E-state index is 0.0905. The van der Waals surface area contributed by atoms with E-state index in [1.165, 1.54) is 0 Å². The van der Waals surface area contributed by atoms with Gasteiger partial charge in [-0.3, -0.25) is 0 Å². The van der Waals surface area contributed by atoms with Crippen molar-refractivity contribution >= 4 is 0 Å². The van der Waals surface area contributed by atoms with E-state index in [-0.39, 0.29) is 18.6 Å². The van der Waals surface area contributed by atoms with Crippen LogP contribution in [0.1, 0.15) is 5.56 Å². The van der Waals surface area contributed by atoms with Crippen LogP contribution in [0, 0.1) is 0 Å². The quantitative estimate of drug-likeness (QED) is 0.331. The van der Waals surface area contributed by atoms with Crippen molar-refractivity contribution in [1.29, 1.82) is 0 Å². The lowest BCUT2D eigenvalue weighted by Gasteiger charge is -2.07. The number of benzene rings is 1. The molecule has 0 amide bonds. The van der Waals surface area contributed by atoms with Crippen molar-refractivity contribution in [2.24, 2.45) is 0 Å². The second kappa shape index (κ2) is 3.40. The highest BCUT2D eigenvalue weighted by molar-refractivity contribution is 5.60. The molecule has 0 unspecified atom stereocenters. The number of aromatic hydroxyl groups is 4. The molecule has 0 fully saturated rings. The lowest BCUT2D eigenvalue weighted by molar-refractivity contribution is 0.294. The summed E-state index contributed by atoms with van der Waals surface area (Å²) in [6.07, 6.45) is 0.0905. The third-order valence-electron chi connectivity index (χ3n) is 1.69. The summed E-state index contributed by atoms with van der Waals surface area (Å²) in [5, 5.41) is 44.8. The van der Waals surface area contributed by atoms with E-state index in [9.17, 15) is 5.11 Å². The number of rotatable bonds is 2. The zero-order valence-electron chi connectivity index (χ0n) is 6.73. The Morgan fingerprint density at radius 3 is 2.08 bits per heavy atom. The number of hydrogen-bond donors (Lipinski definition) is 5. The second-order valence-corrected chi connectivity index (χ2v) is 2.57. The maximum absolute atomic E-state index is 9.20. The lowest BCUT2D eigenvalue weighted by atomic mass is 10.1. The summed E-state index contributed by atoms with van der Waals surface area (Å²) < 4.78 is 0. The summed E-state index contributed by atoms with van der Waals surface area (Å²) in [6.45, 7) is -0.225. The molecular weight excluding hydrogens is 176 g/mol. The first kappa shape index (κ1) is 9.47. The molecule has 5 nitrogen and oxygen atoms in total. The molecule has 1 rings (SSSR count).